The van der Waals surface area contributed by atoms with Crippen LogP contribution in [-0.4, -0.2) is 11.6 Å². The standard InChI is InChI=1S/C30H20O2/c1-3-18-16-25-17(2)15-26(31)19-9-4-5-10-20(19)28(25)23-13-8-14-24-29(23)27(18)21-11-6-7-12-22(21)30(24)32/h3,6-14H,1-2,4-5,15H2. The molecule has 0 saturated heterocycles. The van der Waals surface area contributed by atoms with Gasteiger partial charge in [0, 0.05) is 50.6 Å². The van der Waals surface area contributed by atoms with Gasteiger partial charge >= 0.3 is 0 Å². The van der Waals surface area contributed by atoms with Crippen molar-refractivity contribution in [2.24, 2.45) is 0 Å². The second-order valence-corrected chi connectivity index (χ2v) is 8.49. The molecule has 2 heteroatoms. The Balaban J connectivity index is 1.92. The van der Waals surface area contributed by atoms with Crippen molar-refractivity contribution in [2.75, 3.05) is 0 Å². The zero-order valence-corrected chi connectivity index (χ0v) is 17.6. The molecule has 2 aromatic rings. The average Bonchev–Trinajstić information content (AvgIpc) is 3.03. The fourth-order valence-electron chi connectivity index (χ4n) is 5.32. The molecule has 0 amide bonds. The van der Waals surface area contributed by atoms with E-state index in [1.807, 2.05) is 42.5 Å². The first-order chi connectivity index (χ1) is 15.6. The van der Waals surface area contributed by atoms with Crippen molar-refractivity contribution in [3.63, 3.8) is 0 Å². The number of ketones is 2. The predicted octanol–water partition coefficient (Wildman–Crippen LogP) is 4.41. The fourth-order valence-corrected chi connectivity index (χ4v) is 5.32. The van der Waals surface area contributed by atoms with Crippen molar-refractivity contribution in [3.05, 3.63) is 135 Å². The molecule has 2 nitrogen and oxygen atoms in total. The van der Waals surface area contributed by atoms with Crippen molar-refractivity contribution in [1.29, 1.82) is 0 Å². The maximum atomic E-state index is 13.5. The van der Waals surface area contributed by atoms with Crippen LogP contribution < -0.4 is 10.4 Å². The predicted molar refractivity (Wildman–Crippen MR) is 126 cm³/mol. The summed E-state index contributed by atoms with van der Waals surface area (Å²) in [6.07, 6.45) is 7.99. The van der Waals surface area contributed by atoms with Crippen LogP contribution in [0.25, 0.3) is 11.1 Å². The number of carbonyl (C=O) groups is 2. The molecule has 152 valence electrons. The summed E-state index contributed by atoms with van der Waals surface area (Å²) >= 11 is 0. The van der Waals surface area contributed by atoms with Crippen LogP contribution in [0.5, 0.6) is 0 Å². The third kappa shape index (κ3) is 2.42. The van der Waals surface area contributed by atoms with E-state index < -0.39 is 0 Å². The molecule has 4 aliphatic carbocycles. The lowest BCUT2D eigenvalue weighted by atomic mass is 9.81. The van der Waals surface area contributed by atoms with E-state index in [4.69, 9.17) is 0 Å². The number of allylic oxidation sites excluding steroid dienone is 7. The molecule has 0 atom stereocenters. The Labute approximate surface area is 186 Å². The second-order valence-electron chi connectivity index (χ2n) is 8.49. The number of benzene rings is 2. The van der Waals surface area contributed by atoms with Gasteiger partial charge in [0.05, 0.1) is 0 Å². The zero-order valence-electron chi connectivity index (χ0n) is 17.6. The van der Waals surface area contributed by atoms with Crippen molar-refractivity contribution in [2.45, 2.75) is 19.3 Å². The van der Waals surface area contributed by atoms with Gasteiger partial charge in [-0.15, -0.1) is 5.73 Å². The highest BCUT2D eigenvalue weighted by molar-refractivity contribution is 6.17. The maximum absolute atomic E-state index is 13.5. The third-order valence-electron chi connectivity index (χ3n) is 6.70. The molecule has 0 aliphatic heterocycles. The van der Waals surface area contributed by atoms with Crippen molar-refractivity contribution in [1.82, 2.24) is 0 Å². The van der Waals surface area contributed by atoms with Crippen molar-refractivity contribution < 1.29 is 9.59 Å². The van der Waals surface area contributed by atoms with E-state index in [1.165, 1.54) is 0 Å². The van der Waals surface area contributed by atoms with Crippen LogP contribution in [0.15, 0.2) is 107 Å². The van der Waals surface area contributed by atoms with E-state index in [9.17, 15) is 9.59 Å². The summed E-state index contributed by atoms with van der Waals surface area (Å²) in [7, 11) is 0. The first-order valence-corrected chi connectivity index (χ1v) is 10.9. The van der Waals surface area contributed by atoms with Gasteiger partial charge in [0.2, 0.25) is 0 Å². The molecule has 0 N–H and O–H groups in total. The number of carbonyl (C=O) groups excluding carboxylic acids is 2. The maximum Gasteiger partial charge on any atom is 0.194 e. The minimum Gasteiger partial charge on any atom is -0.294 e. The first kappa shape index (κ1) is 18.7. The lowest BCUT2D eigenvalue weighted by Crippen LogP contribution is -2.38. The molecule has 0 heterocycles. The van der Waals surface area contributed by atoms with E-state index >= 15 is 0 Å². The molecule has 6 rings (SSSR count). The first-order valence-electron chi connectivity index (χ1n) is 10.9. The van der Waals surface area contributed by atoms with Crippen LogP contribution in [0.4, 0.5) is 0 Å². The van der Waals surface area contributed by atoms with Gasteiger partial charge in [-0.2, -0.15) is 0 Å². The van der Waals surface area contributed by atoms with E-state index in [0.717, 1.165) is 67.9 Å². The number of Topliss-reactive ketones (excluding diaryl/α,β-unsaturated/α-hetero) is 1. The molecule has 1 fully saturated rings. The van der Waals surface area contributed by atoms with E-state index in [0.29, 0.717) is 11.1 Å². The number of hydrogen-bond donors (Lipinski definition) is 0. The Hall–Kier alpha value is -4.00. The minimum atomic E-state index is 0.0191. The van der Waals surface area contributed by atoms with Crippen molar-refractivity contribution in [3.8, 4) is 0 Å². The van der Waals surface area contributed by atoms with Gasteiger partial charge in [0.25, 0.3) is 0 Å². The summed E-state index contributed by atoms with van der Waals surface area (Å²) in [6.45, 7) is 8.35. The molecule has 32 heavy (non-hydrogen) atoms. The van der Waals surface area contributed by atoms with Gasteiger partial charge in [-0.25, -0.2) is 0 Å². The van der Waals surface area contributed by atoms with E-state index in [1.54, 1.807) is 6.08 Å². The summed E-state index contributed by atoms with van der Waals surface area (Å²) in [5.74, 6) is 0.108. The Morgan fingerprint density at radius 3 is 2.34 bits per heavy atom. The Bertz CT molecular complexity index is 1580. The Morgan fingerprint density at radius 2 is 1.56 bits per heavy atom. The number of hydrogen-bond acceptors (Lipinski definition) is 2. The average molecular weight is 412 g/mol. The monoisotopic (exact) mass is 412 g/mol. The largest absolute Gasteiger partial charge is 0.294 e. The topological polar surface area (TPSA) is 34.1 Å². The van der Waals surface area contributed by atoms with Gasteiger partial charge in [0.15, 0.2) is 11.6 Å². The van der Waals surface area contributed by atoms with Gasteiger partial charge < -0.3 is 0 Å². The minimum absolute atomic E-state index is 0.0191. The Morgan fingerprint density at radius 1 is 0.844 bits per heavy atom. The smallest absolute Gasteiger partial charge is 0.194 e. The van der Waals surface area contributed by atoms with Gasteiger partial charge in [-0.05, 0) is 34.8 Å². The van der Waals surface area contributed by atoms with Crippen LogP contribution >= 0.6 is 0 Å². The highest BCUT2D eigenvalue weighted by Gasteiger charge is 2.32. The second kappa shape index (κ2) is 6.75. The van der Waals surface area contributed by atoms with E-state index in [2.05, 4.69) is 31.0 Å². The number of rotatable bonds is 1. The fraction of sp³-hybridized carbons (Fsp3) is 0.100. The summed E-state index contributed by atoms with van der Waals surface area (Å²) < 4.78 is 0. The summed E-state index contributed by atoms with van der Waals surface area (Å²) in [4.78, 5) is 26.6. The molecule has 1 saturated carbocycles. The summed E-state index contributed by atoms with van der Waals surface area (Å²) in [6, 6.07) is 13.6. The molecule has 0 aromatic heterocycles. The SMILES string of the molecule is C=CC1=C=C2C(=C)CC(=O)C3=CCCC=C3C2=c2cccc3c2=C1c1ccccc1C3=O. The Kier molecular flexibility index (Phi) is 3.95. The molecule has 0 unspecified atom stereocenters. The van der Waals surface area contributed by atoms with Gasteiger partial charge in [0.1, 0.15) is 0 Å². The van der Waals surface area contributed by atoms with Crippen LogP contribution in [0.2, 0.25) is 0 Å². The van der Waals surface area contributed by atoms with Crippen LogP contribution in [0.3, 0.4) is 0 Å². The van der Waals surface area contributed by atoms with Crippen molar-refractivity contribution >= 4 is 22.7 Å². The highest BCUT2D eigenvalue weighted by Crippen LogP contribution is 2.40. The molecule has 0 spiro atoms. The van der Waals surface area contributed by atoms with Crippen LogP contribution in [0, 0.1) is 0 Å². The summed E-state index contributed by atoms with van der Waals surface area (Å²) in [5, 5.41) is 1.85. The third-order valence-corrected chi connectivity index (χ3v) is 6.70. The van der Waals surface area contributed by atoms with Crippen LogP contribution in [-0.2, 0) is 4.79 Å². The summed E-state index contributed by atoms with van der Waals surface area (Å²) in [5.41, 5.74) is 11.9. The molecule has 4 aliphatic rings. The molecular weight excluding hydrogens is 392 g/mol. The lowest BCUT2D eigenvalue weighted by Gasteiger charge is -2.20. The molecule has 2 aromatic carbocycles. The highest BCUT2D eigenvalue weighted by atomic mass is 16.1. The quantitative estimate of drug-likeness (QED) is 0.651. The normalized spacial score (nSPS) is 18.7. The molecule has 0 bridgehead atoms. The lowest BCUT2D eigenvalue weighted by molar-refractivity contribution is -0.114. The zero-order chi connectivity index (χ0) is 22.0. The van der Waals surface area contributed by atoms with Gasteiger partial charge in [-0.3, -0.25) is 9.59 Å². The molecular formula is C30H20O2. The van der Waals surface area contributed by atoms with Gasteiger partial charge in [-0.1, -0.05) is 73.9 Å². The molecule has 0 radical (unpaired) electrons. The number of fused-ring (bicyclic) bond motifs is 5. The van der Waals surface area contributed by atoms with Crippen LogP contribution in [0.1, 0.15) is 40.7 Å². The van der Waals surface area contributed by atoms with E-state index in [-0.39, 0.29) is 18.0 Å².